The summed E-state index contributed by atoms with van der Waals surface area (Å²) in [5, 5.41) is 9.02. The summed E-state index contributed by atoms with van der Waals surface area (Å²) < 4.78 is 28.1. The van der Waals surface area contributed by atoms with Crippen LogP contribution in [0, 0.1) is 17.2 Å². The van der Waals surface area contributed by atoms with Crippen molar-refractivity contribution < 1.29 is 13.2 Å². The molecular weight excluding hydrogens is 446 g/mol. The van der Waals surface area contributed by atoms with Crippen LogP contribution in [0.1, 0.15) is 67.8 Å². The number of rotatable bonds is 6. The maximum atomic E-state index is 13.4. The summed E-state index contributed by atoms with van der Waals surface area (Å²) in [5.41, 5.74) is 4.01. The van der Waals surface area contributed by atoms with E-state index in [4.69, 9.17) is 5.26 Å². The number of carbonyl (C=O) groups excluding carboxylic acids is 1. The Morgan fingerprint density at radius 3 is 2.35 bits per heavy atom. The number of hydrogen-bond acceptors (Lipinski definition) is 4. The Hall–Kier alpha value is -2.69. The van der Waals surface area contributed by atoms with Crippen LogP contribution in [-0.2, 0) is 27.7 Å². The zero-order valence-corrected chi connectivity index (χ0v) is 20.9. The molecule has 2 aliphatic rings. The van der Waals surface area contributed by atoms with Crippen LogP contribution >= 0.6 is 0 Å². The van der Waals surface area contributed by atoms with Gasteiger partial charge in [-0.2, -0.15) is 9.57 Å². The summed E-state index contributed by atoms with van der Waals surface area (Å²) >= 11 is 0. The van der Waals surface area contributed by atoms with Crippen molar-refractivity contribution in [1.82, 2.24) is 9.21 Å². The highest BCUT2D eigenvalue weighted by molar-refractivity contribution is 7.89. The second kappa shape index (κ2) is 10.3. The van der Waals surface area contributed by atoms with Crippen molar-refractivity contribution in [3.63, 3.8) is 0 Å². The Morgan fingerprint density at radius 1 is 1.09 bits per heavy atom. The number of nitriles is 1. The third-order valence-electron chi connectivity index (χ3n) is 7.37. The van der Waals surface area contributed by atoms with Crippen molar-refractivity contribution in [2.45, 2.75) is 63.3 Å². The molecular formula is C27H33N3O3S. The number of piperidine rings is 1. The molecule has 1 atom stereocenters. The largest absolute Gasteiger partial charge is 0.336 e. The first-order valence-electron chi connectivity index (χ1n) is 12.3. The van der Waals surface area contributed by atoms with Crippen LogP contribution in [-0.4, -0.2) is 43.2 Å². The van der Waals surface area contributed by atoms with Gasteiger partial charge in [-0.05, 0) is 93.3 Å². The van der Waals surface area contributed by atoms with E-state index in [-0.39, 0.29) is 17.9 Å². The molecule has 1 saturated heterocycles. The van der Waals surface area contributed by atoms with Crippen molar-refractivity contribution in [2.24, 2.45) is 5.92 Å². The van der Waals surface area contributed by atoms with Gasteiger partial charge in [0.1, 0.15) is 0 Å². The summed E-state index contributed by atoms with van der Waals surface area (Å²) in [6, 6.07) is 14.9. The predicted octanol–water partition coefficient (Wildman–Crippen LogP) is 4.45. The molecule has 1 aliphatic heterocycles. The summed E-state index contributed by atoms with van der Waals surface area (Å²) in [4.78, 5) is 15.6. The van der Waals surface area contributed by atoms with Gasteiger partial charge in [0, 0.05) is 25.6 Å². The lowest BCUT2D eigenvalue weighted by Crippen LogP contribution is -2.45. The number of hydrogen-bond donors (Lipinski definition) is 0. The minimum Gasteiger partial charge on any atom is -0.336 e. The SMILES string of the molecule is CCN(C(=O)C1CCN(S(=O)(=O)c2ccc3c(c2)CCCC3)CC1)C(C)c1ccc(C#N)cc1. The molecule has 0 radical (unpaired) electrons. The van der Waals surface area contributed by atoms with Crippen LogP contribution in [0.25, 0.3) is 0 Å². The molecule has 6 nitrogen and oxygen atoms in total. The van der Waals surface area contributed by atoms with E-state index in [0.717, 1.165) is 30.4 Å². The van der Waals surface area contributed by atoms with E-state index in [2.05, 4.69) is 6.07 Å². The number of sulfonamides is 1. The molecule has 0 bridgehead atoms. The van der Waals surface area contributed by atoms with Gasteiger partial charge >= 0.3 is 0 Å². The topological polar surface area (TPSA) is 81.5 Å². The summed E-state index contributed by atoms with van der Waals surface area (Å²) in [7, 11) is -3.55. The number of fused-ring (bicyclic) bond motifs is 1. The van der Waals surface area contributed by atoms with Crippen molar-refractivity contribution in [1.29, 1.82) is 5.26 Å². The predicted molar refractivity (Wildman–Crippen MR) is 132 cm³/mol. The highest BCUT2D eigenvalue weighted by atomic mass is 32.2. The van der Waals surface area contributed by atoms with Gasteiger partial charge in [0.15, 0.2) is 0 Å². The fourth-order valence-corrected chi connectivity index (χ4v) is 6.75. The Balaban J connectivity index is 1.42. The van der Waals surface area contributed by atoms with Gasteiger partial charge in [-0.1, -0.05) is 18.2 Å². The number of aryl methyl sites for hydroxylation is 2. The molecule has 180 valence electrons. The van der Waals surface area contributed by atoms with Crippen LogP contribution in [0.4, 0.5) is 0 Å². The zero-order valence-electron chi connectivity index (χ0n) is 20.0. The average molecular weight is 480 g/mol. The van der Waals surface area contributed by atoms with E-state index in [1.54, 1.807) is 22.5 Å². The molecule has 0 aromatic heterocycles. The highest BCUT2D eigenvalue weighted by Gasteiger charge is 2.35. The van der Waals surface area contributed by atoms with Crippen LogP contribution < -0.4 is 0 Å². The molecule has 1 aliphatic carbocycles. The summed E-state index contributed by atoms with van der Waals surface area (Å²) in [5.74, 6) is -0.110. The third-order valence-corrected chi connectivity index (χ3v) is 9.27. The lowest BCUT2D eigenvalue weighted by atomic mass is 9.92. The van der Waals surface area contributed by atoms with E-state index in [9.17, 15) is 13.2 Å². The van der Waals surface area contributed by atoms with E-state index >= 15 is 0 Å². The Kier molecular flexibility index (Phi) is 7.39. The third kappa shape index (κ3) is 4.89. The van der Waals surface area contributed by atoms with E-state index in [1.807, 2.05) is 43.0 Å². The molecule has 1 unspecified atom stereocenters. The quantitative estimate of drug-likeness (QED) is 0.613. The van der Waals surface area contributed by atoms with E-state index < -0.39 is 10.0 Å². The van der Waals surface area contributed by atoms with Crippen LogP contribution in [0.15, 0.2) is 47.4 Å². The number of amides is 1. The number of benzene rings is 2. The van der Waals surface area contributed by atoms with Gasteiger partial charge in [-0.3, -0.25) is 4.79 Å². The van der Waals surface area contributed by atoms with E-state index in [1.165, 1.54) is 12.0 Å². The maximum absolute atomic E-state index is 13.4. The van der Waals surface area contributed by atoms with Crippen LogP contribution in [0.3, 0.4) is 0 Å². The van der Waals surface area contributed by atoms with Gasteiger partial charge in [0.05, 0.1) is 22.6 Å². The molecule has 1 heterocycles. The lowest BCUT2D eigenvalue weighted by Gasteiger charge is -2.36. The molecule has 0 N–H and O–H groups in total. The standard InChI is InChI=1S/C27H33N3O3S/c1-3-30(20(2)22-10-8-21(19-28)9-11-22)27(31)24-14-16-29(17-15-24)34(32,33)26-13-12-23-6-4-5-7-25(23)18-26/h8-13,18,20,24H,3-7,14-17H2,1-2H3. The zero-order chi connectivity index (χ0) is 24.3. The van der Waals surface area contributed by atoms with Crippen molar-refractivity contribution >= 4 is 15.9 Å². The second-order valence-electron chi connectivity index (χ2n) is 9.35. The first-order chi connectivity index (χ1) is 16.3. The van der Waals surface area contributed by atoms with E-state index in [0.29, 0.717) is 42.9 Å². The first-order valence-corrected chi connectivity index (χ1v) is 13.7. The minimum absolute atomic E-state index is 0.0742. The summed E-state index contributed by atoms with van der Waals surface area (Å²) in [6.45, 7) is 5.26. The Labute approximate surface area is 203 Å². The second-order valence-corrected chi connectivity index (χ2v) is 11.3. The van der Waals surface area contributed by atoms with Crippen LogP contribution in [0.5, 0.6) is 0 Å². The molecule has 4 rings (SSSR count). The number of nitrogens with zero attached hydrogens (tertiary/aromatic N) is 3. The van der Waals surface area contributed by atoms with Gasteiger partial charge in [-0.15, -0.1) is 0 Å². The van der Waals surface area contributed by atoms with Crippen molar-refractivity contribution in [3.8, 4) is 6.07 Å². The van der Waals surface area contributed by atoms with Crippen molar-refractivity contribution in [2.75, 3.05) is 19.6 Å². The van der Waals surface area contributed by atoms with Crippen LogP contribution in [0.2, 0.25) is 0 Å². The normalized spacial score (nSPS) is 18.0. The number of carbonyl (C=O) groups is 1. The molecule has 0 saturated carbocycles. The van der Waals surface area contributed by atoms with Gasteiger partial charge in [0.2, 0.25) is 15.9 Å². The minimum atomic E-state index is -3.55. The molecule has 1 amide bonds. The highest BCUT2D eigenvalue weighted by Crippen LogP contribution is 2.30. The summed E-state index contributed by atoms with van der Waals surface area (Å²) in [6.07, 6.45) is 5.30. The molecule has 2 aromatic rings. The molecule has 7 heteroatoms. The molecule has 34 heavy (non-hydrogen) atoms. The Bertz CT molecular complexity index is 1180. The van der Waals surface area contributed by atoms with Crippen molar-refractivity contribution in [3.05, 3.63) is 64.7 Å². The lowest BCUT2D eigenvalue weighted by molar-refractivity contribution is -0.138. The molecule has 1 fully saturated rings. The maximum Gasteiger partial charge on any atom is 0.243 e. The monoisotopic (exact) mass is 479 g/mol. The van der Waals surface area contributed by atoms with Gasteiger partial charge in [0.25, 0.3) is 0 Å². The fourth-order valence-electron chi connectivity index (χ4n) is 5.23. The van der Waals surface area contributed by atoms with Gasteiger partial charge < -0.3 is 4.90 Å². The first kappa shape index (κ1) is 24.4. The molecule has 0 spiro atoms. The smallest absolute Gasteiger partial charge is 0.243 e. The van der Waals surface area contributed by atoms with Gasteiger partial charge in [-0.25, -0.2) is 8.42 Å². The Morgan fingerprint density at radius 2 is 1.74 bits per heavy atom. The molecule has 2 aromatic carbocycles. The average Bonchev–Trinajstić information content (AvgIpc) is 2.88. The fraction of sp³-hybridized carbons (Fsp3) is 0.481.